The van der Waals surface area contributed by atoms with Crippen LogP contribution in [0.2, 0.25) is 0 Å². The molecule has 0 N–H and O–H groups in total. The van der Waals surface area contributed by atoms with Crippen molar-refractivity contribution in [2.75, 3.05) is 0 Å². The van der Waals surface area contributed by atoms with Crippen LogP contribution in [-0.4, -0.2) is 0 Å². The smallest absolute Gasteiger partial charge is 0.0159 e. The maximum atomic E-state index is 2.45. The van der Waals surface area contributed by atoms with E-state index in [4.69, 9.17) is 0 Å². The molecule has 0 fully saturated rings. The highest BCUT2D eigenvalue weighted by Gasteiger charge is 2.36. The summed E-state index contributed by atoms with van der Waals surface area (Å²) < 4.78 is 0. The molecule has 0 bridgehead atoms. The summed E-state index contributed by atoms with van der Waals surface area (Å²) in [6.07, 6.45) is 0. The maximum Gasteiger partial charge on any atom is 0.0159 e. The van der Waals surface area contributed by atoms with Crippen LogP contribution in [0.5, 0.6) is 0 Å². The van der Waals surface area contributed by atoms with Gasteiger partial charge in [-0.1, -0.05) is 129 Å². The lowest BCUT2D eigenvalue weighted by atomic mass is 9.81. The van der Waals surface area contributed by atoms with Crippen LogP contribution in [0, 0.1) is 0 Å². The topological polar surface area (TPSA) is 0 Å². The molecule has 0 atom stereocenters. The third kappa shape index (κ3) is 2.73. The average Bonchev–Trinajstić information content (AvgIpc) is 3.40. The summed E-state index contributed by atoms with van der Waals surface area (Å²) in [7, 11) is 0. The number of benzene rings is 6. The molecule has 0 saturated carbocycles. The standard InChI is InChI=1S/C37H26/c1-37(2)32-17-7-6-14-28(32)29-19-18-25(22-33(29)37)27-21-20-26(23-10-4-3-5-11-23)35-30-15-8-12-24-13-9-16-31(34(24)30)36(27)35/h3-22H,1-2H3. The maximum absolute atomic E-state index is 2.45. The molecule has 0 unspecified atom stereocenters. The zero-order valence-corrected chi connectivity index (χ0v) is 21.0. The van der Waals surface area contributed by atoms with Gasteiger partial charge in [0.25, 0.3) is 0 Å². The SMILES string of the molecule is CC1(C)c2ccccc2-c2ccc(-c3ccc(-c4ccccc4)c4c3-c3cccc5cccc-4c35)cc21. The molecule has 37 heavy (non-hydrogen) atoms. The fraction of sp³-hybridized carbons (Fsp3) is 0.0811. The minimum atomic E-state index is -0.0158. The van der Waals surface area contributed by atoms with E-state index in [2.05, 4.69) is 135 Å². The summed E-state index contributed by atoms with van der Waals surface area (Å²) in [5, 5.41) is 2.68. The van der Waals surface area contributed by atoms with E-state index in [9.17, 15) is 0 Å². The highest BCUT2D eigenvalue weighted by molar-refractivity contribution is 6.21. The van der Waals surface area contributed by atoms with Crippen LogP contribution >= 0.6 is 0 Å². The van der Waals surface area contributed by atoms with Crippen molar-refractivity contribution in [3.05, 3.63) is 132 Å². The Morgan fingerprint density at radius 2 is 0.973 bits per heavy atom. The van der Waals surface area contributed by atoms with E-state index in [1.807, 2.05) is 0 Å². The molecule has 2 aliphatic carbocycles. The zero-order valence-electron chi connectivity index (χ0n) is 21.0. The van der Waals surface area contributed by atoms with Crippen LogP contribution in [0.25, 0.3) is 66.4 Å². The molecule has 6 aromatic rings. The monoisotopic (exact) mass is 470 g/mol. The molecule has 6 aromatic carbocycles. The number of hydrogen-bond acceptors (Lipinski definition) is 0. The molecule has 0 amide bonds. The summed E-state index contributed by atoms with van der Waals surface area (Å²) in [5.41, 5.74) is 16.1. The lowest BCUT2D eigenvalue weighted by Crippen LogP contribution is -2.14. The quantitative estimate of drug-likeness (QED) is 0.236. The van der Waals surface area contributed by atoms with Crippen LogP contribution in [-0.2, 0) is 5.41 Å². The Morgan fingerprint density at radius 1 is 0.405 bits per heavy atom. The number of fused-ring (bicyclic) bond motifs is 6. The third-order valence-electron chi connectivity index (χ3n) is 8.63. The van der Waals surface area contributed by atoms with E-state index in [0.717, 1.165) is 0 Å². The molecule has 174 valence electrons. The largest absolute Gasteiger partial charge is 0.0622 e. The second-order valence-electron chi connectivity index (χ2n) is 10.9. The third-order valence-corrected chi connectivity index (χ3v) is 8.63. The minimum Gasteiger partial charge on any atom is -0.0622 e. The van der Waals surface area contributed by atoms with Gasteiger partial charge in [-0.2, -0.15) is 0 Å². The van der Waals surface area contributed by atoms with Crippen molar-refractivity contribution in [3.63, 3.8) is 0 Å². The first-order valence-corrected chi connectivity index (χ1v) is 13.1. The Hall–Kier alpha value is -4.42. The van der Waals surface area contributed by atoms with Gasteiger partial charge in [0.05, 0.1) is 0 Å². The van der Waals surface area contributed by atoms with Crippen molar-refractivity contribution in [1.82, 2.24) is 0 Å². The fourth-order valence-electron chi connectivity index (χ4n) is 6.89. The van der Waals surface area contributed by atoms with Crippen LogP contribution in [0.15, 0.2) is 121 Å². The molecular weight excluding hydrogens is 444 g/mol. The first-order valence-electron chi connectivity index (χ1n) is 13.1. The summed E-state index contributed by atoms with van der Waals surface area (Å²) in [5.74, 6) is 0. The van der Waals surface area contributed by atoms with E-state index in [1.165, 1.54) is 77.5 Å². The van der Waals surface area contributed by atoms with E-state index in [0.29, 0.717) is 0 Å². The Kier molecular flexibility index (Phi) is 4.10. The van der Waals surface area contributed by atoms with Gasteiger partial charge in [0.2, 0.25) is 0 Å². The molecule has 0 spiro atoms. The van der Waals surface area contributed by atoms with E-state index in [-0.39, 0.29) is 5.41 Å². The summed E-state index contributed by atoms with van der Waals surface area (Å²) in [6.45, 7) is 4.72. The van der Waals surface area contributed by atoms with Crippen molar-refractivity contribution in [2.24, 2.45) is 0 Å². The molecule has 0 heteroatoms. The van der Waals surface area contributed by atoms with Gasteiger partial charge in [-0.05, 0) is 83.6 Å². The van der Waals surface area contributed by atoms with Gasteiger partial charge in [0.15, 0.2) is 0 Å². The van der Waals surface area contributed by atoms with E-state index in [1.54, 1.807) is 0 Å². The van der Waals surface area contributed by atoms with Crippen molar-refractivity contribution >= 4 is 10.8 Å². The molecule has 0 aliphatic heterocycles. The molecule has 0 aromatic heterocycles. The van der Waals surface area contributed by atoms with E-state index < -0.39 is 0 Å². The molecule has 0 saturated heterocycles. The highest BCUT2D eigenvalue weighted by atomic mass is 14.4. The molecule has 0 radical (unpaired) electrons. The van der Waals surface area contributed by atoms with Crippen LogP contribution in [0.3, 0.4) is 0 Å². The number of rotatable bonds is 2. The Bertz CT molecular complexity index is 1880. The van der Waals surface area contributed by atoms with Gasteiger partial charge in [-0.15, -0.1) is 0 Å². The van der Waals surface area contributed by atoms with Gasteiger partial charge in [-0.25, -0.2) is 0 Å². The van der Waals surface area contributed by atoms with Gasteiger partial charge in [-0.3, -0.25) is 0 Å². The van der Waals surface area contributed by atoms with Crippen LogP contribution in [0.1, 0.15) is 25.0 Å². The average molecular weight is 471 g/mol. The lowest BCUT2D eigenvalue weighted by molar-refractivity contribution is 0.660. The molecule has 8 rings (SSSR count). The van der Waals surface area contributed by atoms with Crippen LogP contribution < -0.4 is 0 Å². The van der Waals surface area contributed by atoms with Gasteiger partial charge < -0.3 is 0 Å². The predicted molar refractivity (Wildman–Crippen MR) is 157 cm³/mol. The Morgan fingerprint density at radius 3 is 1.70 bits per heavy atom. The van der Waals surface area contributed by atoms with Crippen LogP contribution in [0.4, 0.5) is 0 Å². The summed E-state index contributed by atoms with van der Waals surface area (Å²) in [6, 6.07) is 45.0. The van der Waals surface area contributed by atoms with Gasteiger partial charge >= 0.3 is 0 Å². The zero-order chi connectivity index (χ0) is 24.7. The second-order valence-corrected chi connectivity index (χ2v) is 10.9. The first-order chi connectivity index (χ1) is 18.1. The predicted octanol–water partition coefficient (Wildman–Crippen LogP) is 10.1. The van der Waals surface area contributed by atoms with Crippen molar-refractivity contribution in [3.8, 4) is 55.6 Å². The van der Waals surface area contributed by atoms with Gasteiger partial charge in [0.1, 0.15) is 0 Å². The van der Waals surface area contributed by atoms with E-state index >= 15 is 0 Å². The molecule has 0 heterocycles. The second kappa shape index (κ2) is 7.31. The minimum absolute atomic E-state index is 0.0158. The lowest BCUT2D eigenvalue weighted by Gasteiger charge is -2.22. The van der Waals surface area contributed by atoms with Crippen molar-refractivity contribution < 1.29 is 0 Å². The Balaban J connectivity index is 1.43. The molecular formula is C37H26. The first kappa shape index (κ1) is 20.7. The Labute approximate surface area is 217 Å². The highest BCUT2D eigenvalue weighted by Crippen LogP contribution is 2.55. The summed E-state index contributed by atoms with van der Waals surface area (Å²) >= 11 is 0. The molecule has 2 aliphatic rings. The van der Waals surface area contributed by atoms with Crippen molar-refractivity contribution in [1.29, 1.82) is 0 Å². The molecule has 0 nitrogen and oxygen atoms in total. The normalized spacial score (nSPS) is 13.9. The number of hydrogen-bond donors (Lipinski definition) is 0. The summed E-state index contributed by atoms with van der Waals surface area (Å²) in [4.78, 5) is 0. The van der Waals surface area contributed by atoms with Gasteiger partial charge in [0, 0.05) is 5.41 Å². The fourth-order valence-corrected chi connectivity index (χ4v) is 6.89. The van der Waals surface area contributed by atoms with Crippen molar-refractivity contribution in [2.45, 2.75) is 19.3 Å².